The molecule has 5 heteroatoms. The lowest BCUT2D eigenvalue weighted by molar-refractivity contribution is -0.123. The highest BCUT2D eigenvalue weighted by atomic mass is 16.2. The number of carbonyl (C=O) groups excluding carboxylic acids is 1. The molecular weight excluding hydrogens is 228 g/mol. The third-order valence-corrected chi connectivity index (χ3v) is 3.51. The monoisotopic (exact) mass is 250 g/mol. The van der Waals surface area contributed by atoms with Crippen LogP contribution in [-0.2, 0) is 4.79 Å². The van der Waals surface area contributed by atoms with Crippen LogP contribution in [0.2, 0.25) is 0 Å². The van der Waals surface area contributed by atoms with Crippen molar-refractivity contribution in [2.75, 3.05) is 13.1 Å². The van der Waals surface area contributed by atoms with Crippen molar-refractivity contribution in [2.45, 2.75) is 45.2 Å². The number of hydrogen-bond acceptors (Lipinski definition) is 3. The van der Waals surface area contributed by atoms with E-state index >= 15 is 0 Å². The van der Waals surface area contributed by atoms with Gasteiger partial charge in [-0.05, 0) is 33.2 Å². The van der Waals surface area contributed by atoms with E-state index in [4.69, 9.17) is 0 Å². The van der Waals surface area contributed by atoms with E-state index in [2.05, 4.69) is 15.6 Å². The molecule has 1 aliphatic rings. The van der Waals surface area contributed by atoms with Crippen LogP contribution in [0.5, 0.6) is 0 Å². The highest BCUT2D eigenvalue weighted by molar-refractivity contribution is 5.79. The zero-order valence-electron chi connectivity index (χ0n) is 11.1. The maximum Gasteiger partial charge on any atom is 0.242 e. The fraction of sp³-hybridized carbons (Fsp3) is 0.692. The van der Waals surface area contributed by atoms with E-state index in [1.165, 1.54) is 12.8 Å². The fourth-order valence-electron chi connectivity index (χ4n) is 2.46. The molecule has 1 aliphatic heterocycles. The van der Waals surface area contributed by atoms with Gasteiger partial charge in [-0.1, -0.05) is 6.42 Å². The van der Waals surface area contributed by atoms with Gasteiger partial charge in [0.25, 0.3) is 0 Å². The number of hydrogen-bond donors (Lipinski definition) is 2. The van der Waals surface area contributed by atoms with E-state index in [0.717, 1.165) is 18.7 Å². The highest BCUT2D eigenvalue weighted by Gasteiger charge is 2.23. The Morgan fingerprint density at radius 3 is 3.17 bits per heavy atom. The molecule has 0 saturated carbocycles. The van der Waals surface area contributed by atoms with Gasteiger partial charge in [0, 0.05) is 18.8 Å². The lowest BCUT2D eigenvalue weighted by Crippen LogP contribution is -2.34. The van der Waals surface area contributed by atoms with Gasteiger partial charge in [-0.2, -0.15) is 0 Å². The first-order chi connectivity index (χ1) is 8.74. The number of rotatable bonds is 4. The molecule has 18 heavy (non-hydrogen) atoms. The third kappa shape index (κ3) is 2.72. The van der Waals surface area contributed by atoms with Crippen LogP contribution in [0.15, 0.2) is 12.5 Å². The number of amides is 1. The SMILES string of the molecule is CCNC(=O)C(C)n1cncc1C1CCCCN1. The average molecular weight is 250 g/mol. The zero-order chi connectivity index (χ0) is 13.0. The van der Waals surface area contributed by atoms with Gasteiger partial charge in [-0.3, -0.25) is 4.79 Å². The quantitative estimate of drug-likeness (QED) is 0.849. The topological polar surface area (TPSA) is 59.0 Å². The molecule has 1 saturated heterocycles. The molecule has 0 bridgehead atoms. The molecule has 1 amide bonds. The number of carbonyl (C=O) groups is 1. The molecule has 0 radical (unpaired) electrons. The van der Waals surface area contributed by atoms with Crippen LogP contribution in [0.3, 0.4) is 0 Å². The van der Waals surface area contributed by atoms with E-state index in [9.17, 15) is 4.79 Å². The second kappa shape index (κ2) is 6.00. The van der Waals surface area contributed by atoms with Gasteiger partial charge in [-0.25, -0.2) is 4.98 Å². The minimum Gasteiger partial charge on any atom is -0.355 e. The van der Waals surface area contributed by atoms with E-state index in [-0.39, 0.29) is 11.9 Å². The minimum absolute atomic E-state index is 0.0487. The Labute approximate surface area is 108 Å². The van der Waals surface area contributed by atoms with Crippen molar-refractivity contribution >= 4 is 5.91 Å². The van der Waals surface area contributed by atoms with Crippen LogP contribution in [0.4, 0.5) is 0 Å². The second-order valence-electron chi connectivity index (χ2n) is 4.80. The number of nitrogens with zero attached hydrogens (tertiary/aromatic N) is 2. The van der Waals surface area contributed by atoms with Crippen molar-refractivity contribution in [3.8, 4) is 0 Å². The molecule has 1 fully saturated rings. The summed E-state index contributed by atoms with van der Waals surface area (Å²) in [6, 6.07) is 0.129. The maximum atomic E-state index is 11.9. The van der Waals surface area contributed by atoms with Gasteiger partial charge in [0.2, 0.25) is 5.91 Å². The molecule has 2 atom stereocenters. The molecule has 0 aromatic carbocycles. The standard InChI is InChI=1S/C13H22N4O/c1-3-15-13(18)10(2)17-9-14-8-12(17)11-6-4-5-7-16-11/h8-11,16H,3-7H2,1-2H3,(H,15,18). The van der Waals surface area contributed by atoms with E-state index in [1.807, 2.05) is 24.6 Å². The molecule has 1 aromatic heterocycles. The lowest BCUT2D eigenvalue weighted by Gasteiger charge is -2.26. The lowest BCUT2D eigenvalue weighted by atomic mass is 10.0. The Morgan fingerprint density at radius 2 is 2.50 bits per heavy atom. The Hall–Kier alpha value is -1.36. The molecule has 2 unspecified atom stereocenters. The van der Waals surface area contributed by atoms with Crippen molar-refractivity contribution in [3.05, 3.63) is 18.2 Å². The van der Waals surface area contributed by atoms with Crippen LogP contribution in [-0.4, -0.2) is 28.5 Å². The van der Waals surface area contributed by atoms with Crippen LogP contribution in [0.25, 0.3) is 0 Å². The van der Waals surface area contributed by atoms with Gasteiger partial charge in [0.15, 0.2) is 0 Å². The summed E-state index contributed by atoms with van der Waals surface area (Å²) in [6.07, 6.45) is 7.22. The second-order valence-corrected chi connectivity index (χ2v) is 4.80. The highest BCUT2D eigenvalue weighted by Crippen LogP contribution is 2.24. The van der Waals surface area contributed by atoms with Crippen molar-refractivity contribution in [1.29, 1.82) is 0 Å². The number of piperidine rings is 1. The first-order valence-electron chi connectivity index (χ1n) is 6.77. The van der Waals surface area contributed by atoms with Crippen molar-refractivity contribution in [2.24, 2.45) is 0 Å². The van der Waals surface area contributed by atoms with Gasteiger partial charge >= 0.3 is 0 Å². The fourth-order valence-corrected chi connectivity index (χ4v) is 2.46. The average Bonchev–Trinajstić information content (AvgIpc) is 2.88. The summed E-state index contributed by atoms with van der Waals surface area (Å²) < 4.78 is 1.98. The first kappa shape index (κ1) is 13.1. The van der Waals surface area contributed by atoms with Gasteiger partial charge < -0.3 is 15.2 Å². The summed E-state index contributed by atoms with van der Waals surface area (Å²) in [6.45, 7) is 5.56. The van der Waals surface area contributed by atoms with Crippen molar-refractivity contribution in [3.63, 3.8) is 0 Å². The smallest absolute Gasteiger partial charge is 0.242 e. The van der Waals surface area contributed by atoms with Crippen LogP contribution < -0.4 is 10.6 Å². The normalized spacial score (nSPS) is 21.6. The van der Waals surface area contributed by atoms with E-state index < -0.39 is 0 Å². The Balaban J connectivity index is 2.13. The molecule has 0 aliphatic carbocycles. The first-order valence-corrected chi connectivity index (χ1v) is 6.77. The summed E-state index contributed by atoms with van der Waals surface area (Å²) in [5.74, 6) is 0.0487. The maximum absolute atomic E-state index is 11.9. The predicted molar refractivity (Wildman–Crippen MR) is 70.2 cm³/mol. The number of aromatic nitrogens is 2. The molecule has 2 rings (SSSR count). The van der Waals surface area contributed by atoms with Gasteiger partial charge in [-0.15, -0.1) is 0 Å². The largest absolute Gasteiger partial charge is 0.355 e. The number of imidazole rings is 1. The molecule has 100 valence electrons. The van der Waals surface area contributed by atoms with Gasteiger partial charge in [0.05, 0.1) is 12.0 Å². The Morgan fingerprint density at radius 1 is 1.67 bits per heavy atom. The van der Waals surface area contributed by atoms with Crippen molar-refractivity contribution in [1.82, 2.24) is 20.2 Å². The predicted octanol–water partition coefficient (Wildman–Crippen LogP) is 1.39. The molecule has 0 spiro atoms. The van der Waals surface area contributed by atoms with E-state index in [1.54, 1.807) is 6.33 Å². The molecule has 5 nitrogen and oxygen atoms in total. The van der Waals surface area contributed by atoms with Crippen LogP contribution in [0, 0.1) is 0 Å². The number of likely N-dealkylation sites (N-methyl/N-ethyl adjacent to an activating group) is 1. The van der Waals surface area contributed by atoms with Gasteiger partial charge in [0.1, 0.15) is 6.04 Å². The summed E-state index contributed by atoms with van der Waals surface area (Å²) >= 11 is 0. The molecule has 2 N–H and O–H groups in total. The van der Waals surface area contributed by atoms with Crippen LogP contribution >= 0.6 is 0 Å². The Bertz CT molecular complexity index is 395. The summed E-state index contributed by atoms with van der Waals surface area (Å²) in [7, 11) is 0. The van der Waals surface area contributed by atoms with Crippen LogP contribution in [0.1, 0.15) is 50.9 Å². The zero-order valence-corrected chi connectivity index (χ0v) is 11.1. The minimum atomic E-state index is -0.203. The summed E-state index contributed by atoms with van der Waals surface area (Å²) in [5.41, 5.74) is 1.12. The Kier molecular flexibility index (Phi) is 4.36. The molecule has 1 aromatic rings. The third-order valence-electron chi connectivity index (χ3n) is 3.51. The van der Waals surface area contributed by atoms with Crippen molar-refractivity contribution < 1.29 is 4.79 Å². The number of nitrogens with one attached hydrogen (secondary N) is 2. The van der Waals surface area contributed by atoms with E-state index in [0.29, 0.717) is 12.6 Å². The summed E-state index contributed by atoms with van der Waals surface area (Å²) in [4.78, 5) is 16.1. The molecular formula is C13H22N4O. The summed E-state index contributed by atoms with van der Waals surface area (Å²) in [5, 5.41) is 6.35. The molecule has 2 heterocycles.